The summed E-state index contributed by atoms with van der Waals surface area (Å²) in [6.45, 7) is -0.234. The number of aliphatic imine (C=N–C) groups is 1. The Morgan fingerprint density at radius 2 is 1.79 bits per heavy atom. The number of hydrogen-bond donors (Lipinski definition) is 2. The van der Waals surface area contributed by atoms with Gasteiger partial charge in [-0.05, 0) is 25.7 Å². The molecule has 2 aliphatic carbocycles. The zero-order chi connectivity index (χ0) is 13.9. The van der Waals surface area contributed by atoms with Gasteiger partial charge in [-0.15, -0.1) is 0 Å². The summed E-state index contributed by atoms with van der Waals surface area (Å²) in [6, 6.07) is 0.278. The Labute approximate surface area is 111 Å². The molecule has 2 fully saturated rings. The molecule has 0 radical (unpaired) electrons. The minimum atomic E-state index is -4.17. The normalized spacial score (nSPS) is 24.9. The molecule has 0 aliphatic heterocycles. The zero-order valence-corrected chi connectivity index (χ0v) is 11.1. The van der Waals surface area contributed by atoms with Crippen molar-refractivity contribution >= 4 is 5.96 Å². The Balaban J connectivity index is 1.86. The van der Waals surface area contributed by atoms with Crippen molar-refractivity contribution in [3.63, 3.8) is 0 Å². The molecule has 6 heteroatoms. The van der Waals surface area contributed by atoms with Gasteiger partial charge in [-0.25, -0.2) is 0 Å². The first-order valence-electron chi connectivity index (χ1n) is 7.06. The minimum absolute atomic E-state index is 0.169. The van der Waals surface area contributed by atoms with Crippen molar-refractivity contribution in [2.75, 3.05) is 6.54 Å². The number of nitrogens with one attached hydrogen (secondary N) is 1. The molecule has 0 heterocycles. The average Bonchev–Trinajstić information content (AvgIpc) is 2.26. The third-order valence-corrected chi connectivity index (χ3v) is 4.42. The maximum atomic E-state index is 12.9. The summed E-state index contributed by atoms with van der Waals surface area (Å²) in [6.07, 6.45) is 2.40. The highest BCUT2D eigenvalue weighted by Gasteiger charge is 2.58. The Hall–Kier alpha value is -0.940. The van der Waals surface area contributed by atoms with Gasteiger partial charge in [0.05, 0.1) is 12.0 Å². The van der Waals surface area contributed by atoms with Crippen LogP contribution in [0.15, 0.2) is 4.99 Å². The monoisotopic (exact) mass is 277 g/mol. The first-order chi connectivity index (χ1) is 8.93. The average molecular weight is 277 g/mol. The largest absolute Gasteiger partial charge is 0.396 e. The number of alkyl halides is 3. The highest BCUT2D eigenvalue weighted by atomic mass is 19.4. The summed E-state index contributed by atoms with van der Waals surface area (Å²) in [4.78, 5) is 3.94. The maximum absolute atomic E-state index is 12.9. The Bertz CT molecular complexity index is 329. The minimum Gasteiger partial charge on any atom is -0.370 e. The predicted octanol–water partition coefficient (Wildman–Crippen LogP) is 2.96. The summed E-state index contributed by atoms with van der Waals surface area (Å²) in [5.41, 5.74) is 4.09. The standard InChI is InChI=1S/C13H22F3N3/c14-13(15,16)12(7-4-8-12)9-18-11(17)19-10-5-2-1-3-6-10/h10H,1-9H2,(H3,17,18,19). The van der Waals surface area contributed by atoms with Gasteiger partial charge in [0.15, 0.2) is 5.96 Å². The smallest absolute Gasteiger partial charge is 0.370 e. The molecule has 19 heavy (non-hydrogen) atoms. The number of nitrogens with zero attached hydrogens (tertiary/aromatic N) is 1. The first kappa shape index (κ1) is 14.5. The van der Waals surface area contributed by atoms with E-state index in [1.807, 2.05) is 0 Å². The predicted molar refractivity (Wildman–Crippen MR) is 68.8 cm³/mol. The van der Waals surface area contributed by atoms with E-state index >= 15 is 0 Å². The Kier molecular flexibility index (Phi) is 4.26. The van der Waals surface area contributed by atoms with Crippen LogP contribution >= 0.6 is 0 Å². The van der Waals surface area contributed by atoms with Gasteiger partial charge in [0.1, 0.15) is 0 Å². The van der Waals surface area contributed by atoms with Crippen LogP contribution < -0.4 is 11.1 Å². The van der Waals surface area contributed by atoms with E-state index in [4.69, 9.17) is 5.73 Å². The van der Waals surface area contributed by atoms with Gasteiger partial charge in [-0.2, -0.15) is 13.2 Å². The van der Waals surface area contributed by atoms with Gasteiger partial charge >= 0.3 is 6.18 Å². The van der Waals surface area contributed by atoms with Crippen LogP contribution in [0.2, 0.25) is 0 Å². The molecule has 0 bridgehead atoms. The molecule has 0 unspecified atom stereocenters. The van der Waals surface area contributed by atoms with Crippen molar-refractivity contribution in [1.29, 1.82) is 0 Å². The maximum Gasteiger partial charge on any atom is 0.396 e. The molecular formula is C13H22F3N3. The fraction of sp³-hybridized carbons (Fsp3) is 0.923. The summed E-state index contributed by atoms with van der Waals surface area (Å²) >= 11 is 0. The molecular weight excluding hydrogens is 255 g/mol. The molecule has 2 aliphatic rings. The molecule has 0 aromatic rings. The number of halogens is 3. The molecule has 0 atom stereocenters. The summed E-state index contributed by atoms with van der Waals surface area (Å²) < 4.78 is 38.8. The molecule has 0 amide bonds. The van der Waals surface area contributed by atoms with Gasteiger partial charge in [-0.3, -0.25) is 4.99 Å². The van der Waals surface area contributed by atoms with Crippen molar-refractivity contribution in [3.05, 3.63) is 0 Å². The topological polar surface area (TPSA) is 50.4 Å². The molecule has 0 saturated heterocycles. The third kappa shape index (κ3) is 3.34. The van der Waals surface area contributed by atoms with Crippen LogP contribution in [-0.2, 0) is 0 Å². The molecule has 3 N–H and O–H groups in total. The molecule has 2 rings (SSSR count). The van der Waals surface area contributed by atoms with E-state index in [1.54, 1.807) is 0 Å². The van der Waals surface area contributed by atoms with Crippen LogP contribution in [0.5, 0.6) is 0 Å². The second-order valence-electron chi connectivity index (χ2n) is 5.81. The zero-order valence-electron chi connectivity index (χ0n) is 11.1. The summed E-state index contributed by atoms with van der Waals surface area (Å²) in [5.74, 6) is 0.169. The van der Waals surface area contributed by atoms with Crippen molar-refractivity contribution < 1.29 is 13.2 Å². The van der Waals surface area contributed by atoms with Crippen LogP contribution in [0.4, 0.5) is 13.2 Å². The number of rotatable bonds is 3. The SMILES string of the molecule is NC(=NCC1(C(F)(F)F)CCC1)NC1CCCCC1. The van der Waals surface area contributed by atoms with Crippen molar-refractivity contribution in [2.45, 2.75) is 63.6 Å². The van der Waals surface area contributed by atoms with Gasteiger partial charge < -0.3 is 11.1 Å². The number of hydrogen-bond acceptors (Lipinski definition) is 1. The van der Waals surface area contributed by atoms with Gasteiger partial charge in [0, 0.05) is 6.04 Å². The Morgan fingerprint density at radius 3 is 2.26 bits per heavy atom. The van der Waals surface area contributed by atoms with E-state index in [0.29, 0.717) is 6.42 Å². The highest BCUT2D eigenvalue weighted by molar-refractivity contribution is 5.78. The van der Waals surface area contributed by atoms with Gasteiger partial charge in [-0.1, -0.05) is 25.7 Å². The molecule has 0 aromatic heterocycles. The van der Waals surface area contributed by atoms with Gasteiger partial charge in [0.25, 0.3) is 0 Å². The van der Waals surface area contributed by atoms with Crippen LogP contribution in [0.1, 0.15) is 51.4 Å². The van der Waals surface area contributed by atoms with Crippen LogP contribution in [0, 0.1) is 5.41 Å². The van der Waals surface area contributed by atoms with Crippen molar-refractivity contribution in [3.8, 4) is 0 Å². The van der Waals surface area contributed by atoms with Crippen LogP contribution in [0.3, 0.4) is 0 Å². The quantitative estimate of drug-likeness (QED) is 0.615. The molecule has 0 aromatic carbocycles. The lowest BCUT2D eigenvalue weighted by molar-refractivity contribution is -0.245. The lowest BCUT2D eigenvalue weighted by Gasteiger charge is -2.42. The van der Waals surface area contributed by atoms with Crippen LogP contribution in [0.25, 0.3) is 0 Å². The number of guanidine groups is 1. The second-order valence-corrected chi connectivity index (χ2v) is 5.81. The Morgan fingerprint density at radius 1 is 1.16 bits per heavy atom. The van der Waals surface area contributed by atoms with Crippen molar-refractivity contribution in [1.82, 2.24) is 5.32 Å². The summed E-state index contributed by atoms with van der Waals surface area (Å²) in [5, 5.41) is 3.05. The second kappa shape index (κ2) is 5.59. The van der Waals surface area contributed by atoms with E-state index in [2.05, 4.69) is 10.3 Å². The van der Waals surface area contributed by atoms with E-state index in [-0.39, 0.29) is 31.4 Å². The lowest BCUT2D eigenvalue weighted by Crippen LogP contribution is -2.48. The summed E-state index contributed by atoms with van der Waals surface area (Å²) in [7, 11) is 0. The fourth-order valence-electron chi connectivity index (χ4n) is 2.87. The lowest BCUT2D eigenvalue weighted by atomic mass is 9.68. The van der Waals surface area contributed by atoms with Crippen LogP contribution in [-0.4, -0.2) is 24.7 Å². The molecule has 110 valence electrons. The molecule has 0 spiro atoms. The van der Waals surface area contributed by atoms with E-state index < -0.39 is 11.6 Å². The number of nitrogens with two attached hydrogens (primary N) is 1. The van der Waals surface area contributed by atoms with E-state index in [9.17, 15) is 13.2 Å². The fourth-order valence-corrected chi connectivity index (χ4v) is 2.87. The molecule has 2 saturated carbocycles. The van der Waals surface area contributed by atoms with E-state index in [0.717, 1.165) is 25.7 Å². The third-order valence-electron chi connectivity index (χ3n) is 4.42. The highest BCUT2D eigenvalue weighted by Crippen LogP contribution is 2.53. The van der Waals surface area contributed by atoms with Crippen molar-refractivity contribution in [2.24, 2.45) is 16.1 Å². The van der Waals surface area contributed by atoms with Gasteiger partial charge in [0.2, 0.25) is 0 Å². The first-order valence-corrected chi connectivity index (χ1v) is 7.06. The molecule has 3 nitrogen and oxygen atoms in total. The van der Waals surface area contributed by atoms with E-state index in [1.165, 1.54) is 6.42 Å².